The number of likely N-dealkylation sites (tertiary alicyclic amines) is 1. The van der Waals surface area contributed by atoms with E-state index in [1.165, 1.54) is 18.2 Å². The highest BCUT2D eigenvalue weighted by atomic mass is 35.5. The Morgan fingerprint density at radius 3 is 2.68 bits per heavy atom. The molecule has 1 saturated heterocycles. The molecule has 1 saturated carbocycles. The van der Waals surface area contributed by atoms with E-state index >= 15 is 0 Å². The van der Waals surface area contributed by atoms with E-state index in [-0.39, 0.29) is 23.8 Å². The summed E-state index contributed by atoms with van der Waals surface area (Å²) in [6.07, 6.45) is 2.70. The lowest BCUT2D eigenvalue weighted by Crippen LogP contribution is -2.37. The monoisotopic (exact) mass is 441 g/mol. The standard InChI is InChI=1S/C24H28ClN3O3/c1-15-5-3-4-6-17(15)13-28-10-9-18(14-28)26-24(30)19-11-20(25)21(12-22(19)31-2)27-23(29)16-7-8-16/h3-6,11-12,16,18H,7-10,13-14H2,1-2H3,(H,26,30)(H,27,29)/t18-/m0/s1. The van der Waals surface area contributed by atoms with Crippen molar-refractivity contribution in [3.05, 3.63) is 58.1 Å². The first-order valence-electron chi connectivity index (χ1n) is 10.7. The molecule has 2 amide bonds. The van der Waals surface area contributed by atoms with Crippen molar-refractivity contribution in [3.63, 3.8) is 0 Å². The zero-order chi connectivity index (χ0) is 22.0. The first kappa shape index (κ1) is 21.7. The summed E-state index contributed by atoms with van der Waals surface area (Å²) in [5, 5.41) is 6.27. The van der Waals surface area contributed by atoms with E-state index in [1.807, 2.05) is 6.07 Å². The van der Waals surface area contributed by atoms with Crippen LogP contribution in [0.1, 0.15) is 40.7 Å². The van der Waals surface area contributed by atoms with Crippen molar-refractivity contribution < 1.29 is 14.3 Å². The van der Waals surface area contributed by atoms with Crippen LogP contribution in [0, 0.1) is 12.8 Å². The maximum Gasteiger partial charge on any atom is 0.255 e. The first-order chi connectivity index (χ1) is 14.9. The van der Waals surface area contributed by atoms with Crippen LogP contribution < -0.4 is 15.4 Å². The van der Waals surface area contributed by atoms with Crippen LogP contribution in [0.4, 0.5) is 5.69 Å². The van der Waals surface area contributed by atoms with Crippen LogP contribution in [0.25, 0.3) is 0 Å². The summed E-state index contributed by atoms with van der Waals surface area (Å²) in [5.41, 5.74) is 3.43. The van der Waals surface area contributed by atoms with Gasteiger partial charge in [0.05, 0.1) is 23.4 Å². The molecule has 0 unspecified atom stereocenters. The van der Waals surface area contributed by atoms with Crippen molar-refractivity contribution in [3.8, 4) is 5.75 Å². The minimum atomic E-state index is -0.221. The highest BCUT2D eigenvalue weighted by Crippen LogP contribution is 2.34. The summed E-state index contributed by atoms with van der Waals surface area (Å²) in [4.78, 5) is 27.4. The van der Waals surface area contributed by atoms with Gasteiger partial charge in [0.2, 0.25) is 5.91 Å². The average molecular weight is 442 g/mol. The fourth-order valence-electron chi connectivity index (χ4n) is 3.96. The number of methoxy groups -OCH3 is 1. The van der Waals surface area contributed by atoms with Crippen LogP contribution >= 0.6 is 11.6 Å². The van der Waals surface area contributed by atoms with Gasteiger partial charge in [-0.05, 0) is 43.4 Å². The van der Waals surface area contributed by atoms with Gasteiger partial charge >= 0.3 is 0 Å². The van der Waals surface area contributed by atoms with E-state index in [2.05, 4.69) is 40.7 Å². The van der Waals surface area contributed by atoms with E-state index < -0.39 is 0 Å². The number of anilines is 1. The second kappa shape index (κ2) is 9.28. The number of rotatable bonds is 7. The van der Waals surface area contributed by atoms with E-state index in [9.17, 15) is 9.59 Å². The minimum Gasteiger partial charge on any atom is -0.496 e. The van der Waals surface area contributed by atoms with Crippen molar-refractivity contribution in [2.75, 3.05) is 25.5 Å². The highest BCUT2D eigenvalue weighted by molar-refractivity contribution is 6.34. The Balaban J connectivity index is 1.39. The van der Waals surface area contributed by atoms with Gasteiger partial charge in [-0.25, -0.2) is 0 Å². The quantitative estimate of drug-likeness (QED) is 0.681. The molecule has 0 radical (unpaired) electrons. The molecule has 2 aromatic carbocycles. The van der Waals surface area contributed by atoms with Crippen LogP contribution in [0.5, 0.6) is 5.75 Å². The van der Waals surface area contributed by atoms with Crippen molar-refractivity contribution in [1.82, 2.24) is 10.2 Å². The van der Waals surface area contributed by atoms with Gasteiger partial charge in [0.25, 0.3) is 5.91 Å². The number of hydrogen-bond donors (Lipinski definition) is 2. The van der Waals surface area contributed by atoms with Gasteiger partial charge < -0.3 is 15.4 Å². The summed E-state index contributed by atoms with van der Waals surface area (Å²) >= 11 is 6.36. The molecule has 2 aromatic rings. The third kappa shape index (κ3) is 5.20. The summed E-state index contributed by atoms with van der Waals surface area (Å²) in [5.74, 6) is 0.195. The molecule has 2 N–H and O–H groups in total. The zero-order valence-electron chi connectivity index (χ0n) is 17.9. The van der Waals surface area contributed by atoms with Gasteiger partial charge in [-0.2, -0.15) is 0 Å². The Labute approximate surface area is 187 Å². The molecule has 2 aliphatic rings. The predicted octanol–water partition coefficient (Wildman–Crippen LogP) is 4.01. The smallest absolute Gasteiger partial charge is 0.255 e. The lowest BCUT2D eigenvalue weighted by Gasteiger charge is -2.19. The van der Waals surface area contributed by atoms with Crippen molar-refractivity contribution in [2.24, 2.45) is 5.92 Å². The van der Waals surface area contributed by atoms with Crippen LogP contribution in [0.3, 0.4) is 0 Å². The molecular weight excluding hydrogens is 414 g/mol. The number of halogens is 1. The molecule has 0 spiro atoms. The molecule has 4 rings (SSSR count). The highest BCUT2D eigenvalue weighted by Gasteiger charge is 2.30. The Morgan fingerprint density at radius 2 is 1.97 bits per heavy atom. The number of hydrogen-bond acceptors (Lipinski definition) is 4. The molecule has 164 valence electrons. The number of aryl methyl sites for hydroxylation is 1. The maximum atomic E-state index is 12.9. The van der Waals surface area contributed by atoms with Gasteiger partial charge in [-0.1, -0.05) is 35.9 Å². The molecule has 1 aliphatic heterocycles. The van der Waals surface area contributed by atoms with Gasteiger partial charge in [0.1, 0.15) is 5.75 Å². The molecule has 7 heteroatoms. The summed E-state index contributed by atoms with van der Waals surface area (Å²) in [6.45, 7) is 4.73. The molecular formula is C24H28ClN3O3. The summed E-state index contributed by atoms with van der Waals surface area (Å²) < 4.78 is 5.42. The predicted molar refractivity (Wildman–Crippen MR) is 122 cm³/mol. The fourth-order valence-corrected chi connectivity index (χ4v) is 4.17. The summed E-state index contributed by atoms with van der Waals surface area (Å²) in [6, 6.07) is 11.6. The first-order valence-corrected chi connectivity index (χ1v) is 11.1. The number of carbonyl (C=O) groups excluding carboxylic acids is 2. The summed E-state index contributed by atoms with van der Waals surface area (Å²) in [7, 11) is 1.51. The average Bonchev–Trinajstić information content (AvgIpc) is 3.52. The second-order valence-electron chi connectivity index (χ2n) is 8.42. The van der Waals surface area contributed by atoms with E-state index in [1.54, 1.807) is 12.1 Å². The van der Waals surface area contributed by atoms with Gasteiger partial charge in [0, 0.05) is 37.7 Å². The van der Waals surface area contributed by atoms with Crippen LogP contribution in [-0.2, 0) is 11.3 Å². The third-order valence-electron chi connectivity index (χ3n) is 6.00. The van der Waals surface area contributed by atoms with Crippen LogP contribution in [0.15, 0.2) is 36.4 Å². The molecule has 1 atom stereocenters. The second-order valence-corrected chi connectivity index (χ2v) is 8.82. The van der Waals surface area contributed by atoms with Crippen molar-refractivity contribution in [2.45, 2.75) is 38.8 Å². The van der Waals surface area contributed by atoms with Gasteiger partial charge in [0.15, 0.2) is 0 Å². The Kier molecular flexibility index (Phi) is 6.49. The normalized spacial score (nSPS) is 18.6. The lowest BCUT2D eigenvalue weighted by molar-refractivity contribution is -0.117. The number of ether oxygens (including phenoxy) is 1. The molecule has 2 fully saturated rings. The van der Waals surface area contributed by atoms with Crippen molar-refractivity contribution in [1.29, 1.82) is 0 Å². The number of amides is 2. The molecule has 1 aliphatic carbocycles. The van der Waals surface area contributed by atoms with Gasteiger partial charge in [-0.3, -0.25) is 14.5 Å². The molecule has 1 heterocycles. The lowest BCUT2D eigenvalue weighted by atomic mass is 10.1. The largest absolute Gasteiger partial charge is 0.496 e. The zero-order valence-corrected chi connectivity index (χ0v) is 18.7. The molecule has 6 nitrogen and oxygen atoms in total. The SMILES string of the molecule is COc1cc(NC(=O)C2CC2)c(Cl)cc1C(=O)N[C@H]1CCN(Cc2ccccc2C)C1. The number of benzene rings is 2. The third-order valence-corrected chi connectivity index (χ3v) is 6.32. The number of nitrogens with one attached hydrogen (secondary N) is 2. The van der Waals surface area contributed by atoms with Crippen LogP contribution in [-0.4, -0.2) is 43.0 Å². The van der Waals surface area contributed by atoms with Gasteiger partial charge in [-0.15, -0.1) is 0 Å². The van der Waals surface area contributed by atoms with E-state index in [0.29, 0.717) is 22.0 Å². The Hall–Kier alpha value is -2.57. The number of carbonyl (C=O) groups is 2. The molecule has 31 heavy (non-hydrogen) atoms. The van der Waals surface area contributed by atoms with E-state index in [0.717, 1.165) is 38.9 Å². The maximum absolute atomic E-state index is 12.9. The number of nitrogens with zero attached hydrogens (tertiary/aromatic N) is 1. The minimum absolute atomic E-state index is 0.0409. The van der Waals surface area contributed by atoms with Crippen molar-refractivity contribution >= 4 is 29.1 Å². The molecule has 0 aromatic heterocycles. The Bertz CT molecular complexity index is 990. The topological polar surface area (TPSA) is 70.7 Å². The van der Waals surface area contributed by atoms with E-state index in [4.69, 9.17) is 16.3 Å². The molecule has 0 bridgehead atoms. The fraction of sp³-hybridized carbons (Fsp3) is 0.417. The Morgan fingerprint density at radius 1 is 1.19 bits per heavy atom. The van der Waals surface area contributed by atoms with Crippen LogP contribution in [0.2, 0.25) is 5.02 Å².